The van der Waals surface area contributed by atoms with E-state index in [4.69, 9.17) is 28.4 Å². The summed E-state index contributed by atoms with van der Waals surface area (Å²) in [6.07, 6.45) is 16.4. The molecule has 8 heteroatoms. The quantitative estimate of drug-likeness (QED) is 0.160. The standard InChI is InChI=1S/C27H46O8/c1-3-4-5-6-7-8-11-23-13-14-27(29,24(22-23)26(28)30-2)35-21-19-32-17-16-31-18-20-34-25-12-9-10-15-33-25/h13-14,22,24-25,29H,3-12,15-21H2,1-2H3. The highest BCUT2D eigenvalue weighted by molar-refractivity contribution is 5.77. The van der Waals surface area contributed by atoms with Crippen LogP contribution in [-0.4, -0.2) is 76.5 Å². The van der Waals surface area contributed by atoms with E-state index in [1.807, 2.05) is 6.08 Å². The maximum Gasteiger partial charge on any atom is 0.318 e. The summed E-state index contributed by atoms with van der Waals surface area (Å²) in [6, 6.07) is 0. The van der Waals surface area contributed by atoms with Gasteiger partial charge in [-0.05, 0) is 38.2 Å². The first-order chi connectivity index (χ1) is 17.1. The Hall–Kier alpha value is -1.29. The number of allylic oxidation sites excluding steroid dienone is 2. The van der Waals surface area contributed by atoms with Gasteiger partial charge >= 0.3 is 5.97 Å². The molecule has 2 aliphatic rings. The molecule has 0 saturated carbocycles. The van der Waals surface area contributed by atoms with E-state index in [0.717, 1.165) is 50.7 Å². The number of ether oxygens (including phenoxy) is 6. The molecule has 1 aliphatic heterocycles. The number of unbranched alkanes of at least 4 members (excludes halogenated alkanes) is 5. The van der Waals surface area contributed by atoms with Gasteiger partial charge in [-0.3, -0.25) is 4.79 Å². The second kappa shape index (κ2) is 18.0. The molecule has 3 unspecified atom stereocenters. The number of hydrogen-bond donors (Lipinski definition) is 1. The van der Waals surface area contributed by atoms with Crippen molar-refractivity contribution in [3.8, 4) is 0 Å². The van der Waals surface area contributed by atoms with Crippen LogP contribution in [0.1, 0.15) is 71.1 Å². The average Bonchev–Trinajstić information content (AvgIpc) is 2.88. The van der Waals surface area contributed by atoms with Crippen molar-refractivity contribution in [2.75, 3.05) is 53.4 Å². The fraction of sp³-hybridized carbons (Fsp3) is 0.815. The summed E-state index contributed by atoms with van der Waals surface area (Å²) in [4.78, 5) is 12.3. The Morgan fingerprint density at radius 3 is 2.46 bits per heavy atom. The Morgan fingerprint density at radius 1 is 1.03 bits per heavy atom. The van der Waals surface area contributed by atoms with Crippen LogP contribution in [0.3, 0.4) is 0 Å². The highest BCUT2D eigenvalue weighted by Gasteiger charge is 2.42. The molecule has 1 fully saturated rings. The Balaban J connectivity index is 1.59. The van der Waals surface area contributed by atoms with Gasteiger partial charge in [0.1, 0.15) is 5.92 Å². The van der Waals surface area contributed by atoms with Gasteiger partial charge in [0, 0.05) is 6.61 Å². The van der Waals surface area contributed by atoms with Crippen molar-refractivity contribution >= 4 is 5.97 Å². The third kappa shape index (κ3) is 12.0. The zero-order valence-corrected chi connectivity index (χ0v) is 21.7. The molecule has 1 N–H and O–H groups in total. The van der Waals surface area contributed by atoms with Gasteiger partial charge in [-0.15, -0.1) is 0 Å². The van der Waals surface area contributed by atoms with Crippen molar-refractivity contribution < 1.29 is 38.3 Å². The van der Waals surface area contributed by atoms with Gasteiger partial charge in [-0.2, -0.15) is 0 Å². The van der Waals surface area contributed by atoms with Gasteiger partial charge in [-0.1, -0.05) is 56.8 Å². The van der Waals surface area contributed by atoms with Crippen molar-refractivity contribution in [1.29, 1.82) is 0 Å². The first-order valence-electron chi connectivity index (χ1n) is 13.3. The molecule has 3 atom stereocenters. The molecule has 0 aromatic heterocycles. The first-order valence-corrected chi connectivity index (χ1v) is 13.3. The highest BCUT2D eigenvalue weighted by Crippen LogP contribution is 2.31. The van der Waals surface area contributed by atoms with Crippen molar-refractivity contribution in [2.24, 2.45) is 5.92 Å². The molecule has 0 radical (unpaired) electrons. The molecule has 2 rings (SSSR count). The molecular formula is C27H46O8. The number of methoxy groups -OCH3 is 1. The van der Waals surface area contributed by atoms with E-state index >= 15 is 0 Å². The summed E-state index contributed by atoms with van der Waals surface area (Å²) >= 11 is 0. The third-order valence-corrected chi connectivity index (χ3v) is 6.24. The van der Waals surface area contributed by atoms with Crippen LogP contribution in [0.5, 0.6) is 0 Å². The summed E-state index contributed by atoms with van der Waals surface area (Å²) in [5.41, 5.74) is 1.02. The third-order valence-electron chi connectivity index (χ3n) is 6.24. The molecule has 202 valence electrons. The van der Waals surface area contributed by atoms with Crippen LogP contribution in [0.25, 0.3) is 0 Å². The first kappa shape index (κ1) is 29.9. The Kier molecular flexibility index (Phi) is 15.4. The zero-order chi connectivity index (χ0) is 25.2. The summed E-state index contributed by atoms with van der Waals surface area (Å²) in [5.74, 6) is -3.16. The number of aliphatic hydroxyl groups is 1. The Labute approximate surface area is 210 Å². The van der Waals surface area contributed by atoms with Gasteiger partial charge in [0.15, 0.2) is 6.29 Å². The van der Waals surface area contributed by atoms with Crippen LogP contribution < -0.4 is 0 Å². The number of esters is 1. The van der Waals surface area contributed by atoms with Crippen molar-refractivity contribution in [3.63, 3.8) is 0 Å². The monoisotopic (exact) mass is 498 g/mol. The lowest BCUT2D eigenvalue weighted by Gasteiger charge is -2.33. The minimum Gasteiger partial charge on any atom is -0.468 e. The van der Waals surface area contributed by atoms with Crippen molar-refractivity contribution in [3.05, 3.63) is 23.8 Å². The molecule has 0 bridgehead atoms. The molecule has 1 heterocycles. The second-order valence-electron chi connectivity index (χ2n) is 9.09. The summed E-state index contributed by atoms with van der Waals surface area (Å²) in [7, 11) is 1.32. The highest BCUT2D eigenvalue weighted by atomic mass is 16.7. The lowest BCUT2D eigenvalue weighted by atomic mass is 9.88. The normalized spacial score (nSPS) is 24.4. The topological polar surface area (TPSA) is 92.7 Å². The van der Waals surface area contributed by atoms with Crippen molar-refractivity contribution in [1.82, 2.24) is 0 Å². The molecular weight excluding hydrogens is 452 g/mol. The smallest absolute Gasteiger partial charge is 0.318 e. The van der Waals surface area contributed by atoms with Crippen LogP contribution in [0.4, 0.5) is 0 Å². The van der Waals surface area contributed by atoms with E-state index < -0.39 is 17.7 Å². The fourth-order valence-electron chi connectivity index (χ4n) is 4.16. The van der Waals surface area contributed by atoms with Crippen LogP contribution in [-0.2, 0) is 33.2 Å². The number of rotatable bonds is 19. The minimum atomic E-state index is -1.74. The zero-order valence-electron chi connectivity index (χ0n) is 21.7. The van der Waals surface area contributed by atoms with Gasteiger partial charge in [0.25, 0.3) is 0 Å². The number of hydrogen-bond acceptors (Lipinski definition) is 8. The maximum absolute atomic E-state index is 12.3. The molecule has 0 spiro atoms. The van der Waals surface area contributed by atoms with E-state index in [1.165, 1.54) is 32.8 Å². The molecule has 1 aliphatic carbocycles. The van der Waals surface area contributed by atoms with Gasteiger partial charge in [0.2, 0.25) is 5.79 Å². The van der Waals surface area contributed by atoms with Crippen LogP contribution in [0, 0.1) is 5.92 Å². The van der Waals surface area contributed by atoms with E-state index in [2.05, 4.69) is 6.92 Å². The minimum absolute atomic E-state index is 0.101. The molecule has 1 saturated heterocycles. The van der Waals surface area contributed by atoms with Gasteiger partial charge in [-0.25, -0.2) is 0 Å². The average molecular weight is 499 g/mol. The molecule has 8 nitrogen and oxygen atoms in total. The summed E-state index contributed by atoms with van der Waals surface area (Å²) < 4.78 is 32.7. The second-order valence-corrected chi connectivity index (χ2v) is 9.09. The molecule has 0 aromatic carbocycles. The molecule has 0 aromatic rings. The van der Waals surface area contributed by atoms with E-state index in [1.54, 1.807) is 12.2 Å². The number of carbonyl (C=O) groups is 1. The largest absolute Gasteiger partial charge is 0.468 e. The van der Waals surface area contributed by atoms with Crippen LogP contribution >= 0.6 is 0 Å². The number of carbonyl (C=O) groups excluding carboxylic acids is 1. The van der Waals surface area contributed by atoms with E-state index in [-0.39, 0.29) is 19.5 Å². The predicted molar refractivity (Wildman–Crippen MR) is 133 cm³/mol. The summed E-state index contributed by atoms with van der Waals surface area (Å²) in [6.45, 7) is 5.21. The SMILES string of the molecule is CCCCCCCCC1=CC(C(=O)OC)C(O)(OCCOCCOCCOC2CCCCO2)C=C1. The van der Waals surface area contributed by atoms with Crippen LogP contribution in [0.2, 0.25) is 0 Å². The van der Waals surface area contributed by atoms with E-state index in [9.17, 15) is 9.90 Å². The molecule has 0 amide bonds. The Morgan fingerprint density at radius 2 is 1.74 bits per heavy atom. The van der Waals surface area contributed by atoms with E-state index in [0.29, 0.717) is 26.4 Å². The van der Waals surface area contributed by atoms with Gasteiger partial charge in [0.05, 0.1) is 46.8 Å². The van der Waals surface area contributed by atoms with Crippen molar-refractivity contribution in [2.45, 2.75) is 83.2 Å². The Bertz CT molecular complexity index is 629. The predicted octanol–water partition coefficient (Wildman–Crippen LogP) is 4.30. The summed E-state index contributed by atoms with van der Waals surface area (Å²) in [5, 5.41) is 11.0. The molecule has 35 heavy (non-hydrogen) atoms. The maximum atomic E-state index is 12.3. The lowest BCUT2D eigenvalue weighted by Crippen LogP contribution is -2.45. The van der Waals surface area contributed by atoms with Crippen LogP contribution in [0.15, 0.2) is 23.8 Å². The fourth-order valence-corrected chi connectivity index (χ4v) is 4.16. The van der Waals surface area contributed by atoms with Gasteiger partial charge < -0.3 is 33.5 Å². The lowest BCUT2D eigenvalue weighted by molar-refractivity contribution is -0.208.